The van der Waals surface area contributed by atoms with Crippen LogP contribution in [-0.2, 0) is 16.1 Å². The van der Waals surface area contributed by atoms with Crippen LogP contribution in [0.2, 0.25) is 0 Å². The molecular formula is C26H22N8O3. The van der Waals surface area contributed by atoms with Crippen molar-refractivity contribution in [1.82, 2.24) is 19.7 Å². The van der Waals surface area contributed by atoms with Crippen molar-refractivity contribution in [3.8, 4) is 23.1 Å². The summed E-state index contributed by atoms with van der Waals surface area (Å²) in [7, 11) is 0. The lowest BCUT2D eigenvalue weighted by Crippen LogP contribution is -2.34. The Morgan fingerprint density at radius 3 is 2.68 bits per heavy atom. The van der Waals surface area contributed by atoms with E-state index in [0.717, 1.165) is 6.08 Å². The summed E-state index contributed by atoms with van der Waals surface area (Å²) >= 11 is 0. The van der Waals surface area contributed by atoms with E-state index in [9.17, 15) is 20.0 Å². The monoisotopic (exact) mass is 494 g/mol. The molecule has 0 spiro atoms. The zero-order valence-electron chi connectivity index (χ0n) is 19.6. The Balaban J connectivity index is 1.75. The zero-order chi connectivity index (χ0) is 26.5. The maximum Gasteiger partial charge on any atom is 0.268 e. The highest BCUT2D eigenvalue weighted by Gasteiger charge is 2.22. The number of anilines is 3. The van der Waals surface area contributed by atoms with Gasteiger partial charge in [-0.25, -0.2) is 14.6 Å². The molecule has 2 heterocycles. The predicted molar refractivity (Wildman–Crippen MR) is 139 cm³/mol. The van der Waals surface area contributed by atoms with E-state index < -0.39 is 11.8 Å². The highest BCUT2D eigenvalue weighted by molar-refractivity contribution is 6.07. The maximum absolute atomic E-state index is 12.9. The number of hydrogen-bond acceptors (Lipinski definition) is 8. The van der Waals surface area contributed by atoms with Crippen LogP contribution < -0.4 is 16.0 Å². The zero-order valence-corrected chi connectivity index (χ0v) is 19.6. The number of amides is 2. The fourth-order valence-corrected chi connectivity index (χ4v) is 3.76. The number of fused-ring (bicyclic) bond motifs is 1. The van der Waals surface area contributed by atoms with Crippen molar-refractivity contribution < 1.29 is 14.7 Å². The van der Waals surface area contributed by atoms with Crippen LogP contribution in [-0.4, -0.2) is 43.2 Å². The van der Waals surface area contributed by atoms with Crippen molar-refractivity contribution in [2.75, 3.05) is 22.5 Å². The summed E-state index contributed by atoms with van der Waals surface area (Å²) in [5.41, 5.74) is 8.13. The number of nitrogens with zero attached hydrogens (tertiary/aromatic N) is 6. The summed E-state index contributed by atoms with van der Waals surface area (Å²) < 4.78 is 1.56. The molecule has 4 rings (SSSR count). The minimum absolute atomic E-state index is 0.106. The normalized spacial score (nSPS) is 10.5. The third-order valence-electron chi connectivity index (χ3n) is 5.44. The Labute approximate surface area is 211 Å². The molecule has 11 nitrogen and oxygen atoms in total. The first-order chi connectivity index (χ1) is 17.8. The number of hydrogen-bond donors (Lipinski definition) is 3. The van der Waals surface area contributed by atoms with Crippen LogP contribution >= 0.6 is 0 Å². The average molecular weight is 495 g/mol. The van der Waals surface area contributed by atoms with E-state index in [4.69, 9.17) is 5.73 Å². The van der Waals surface area contributed by atoms with Crippen LogP contribution in [0.3, 0.4) is 0 Å². The smallest absolute Gasteiger partial charge is 0.268 e. The van der Waals surface area contributed by atoms with Gasteiger partial charge in [0.15, 0.2) is 5.65 Å². The van der Waals surface area contributed by atoms with E-state index in [1.54, 1.807) is 41.1 Å². The van der Waals surface area contributed by atoms with Crippen molar-refractivity contribution in [1.29, 1.82) is 5.26 Å². The molecule has 0 aliphatic heterocycles. The van der Waals surface area contributed by atoms with E-state index in [1.165, 1.54) is 23.4 Å². The van der Waals surface area contributed by atoms with Gasteiger partial charge in [-0.2, -0.15) is 10.4 Å². The van der Waals surface area contributed by atoms with E-state index in [-0.39, 0.29) is 30.2 Å². The molecule has 2 aromatic heterocycles. The standard InChI is InChI=1S/C26H22N8O3/c1-3-21(36)31-18-11-17(12-20(35)13-18)23-22-24(28)29-15-30-25(22)34(32-23)10-9-33(26(37)16(2)14-27)19-7-5-4-6-8-19/h3-8,11-13,15,35H,1-2,9-10H2,(H,31,36)(H2,28,29,30). The largest absolute Gasteiger partial charge is 0.508 e. The topological polar surface area (TPSA) is 163 Å². The lowest BCUT2D eigenvalue weighted by molar-refractivity contribution is -0.115. The number of aromatic nitrogens is 4. The number of nitrogens with one attached hydrogen (secondary N) is 1. The summed E-state index contributed by atoms with van der Waals surface area (Å²) in [6.07, 6.45) is 2.41. The predicted octanol–water partition coefficient (Wildman–Crippen LogP) is 3.02. The molecule has 0 saturated heterocycles. The van der Waals surface area contributed by atoms with Gasteiger partial charge in [-0.3, -0.25) is 9.59 Å². The first-order valence-electron chi connectivity index (χ1n) is 11.0. The summed E-state index contributed by atoms with van der Waals surface area (Å²) in [5, 5.41) is 27.2. The summed E-state index contributed by atoms with van der Waals surface area (Å²) in [5.74, 6) is -0.916. The molecule has 0 radical (unpaired) electrons. The average Bonchev–Trinajstić information content (AvgIpc) is 3.28. The lowest BCUT2D eigenvalue weighted by atomic mass is 10.1. The summed E-state index contributed by atoms with van der Waals surface area (Å²) in [6, 6.07) is 15.2. The first-order valence-corrected chi connectivity index (χ1v) is 11.0. The van der Waals surface area contributed by atoms with Gasteiger partial charge in [-0.1, -0.05) is 31.4 Å². The first kappa shape index (κ1) is 24.6. The Morgan fingerprint density at radius 2 is 1.97 bits per heavy atom. The SMILES string of the molecule is C=CC(=O)Nc1cc(O)cc(-c2nn(CCN(C(=O)C(=C)C#N)c3ccccc3)c3ncnc(N)c23)c1. The molecule has 0 saturated carbocycles. The highest BCUT2D eigenvalue weighted by Crippen LogP contribution is 2.34. The Morgan fingerprint density at radius 1 is 1.22 bits per heavy atom. The second-order valence-electron chi connectivity index (χ2n) is 7.87. The molecule has 4 N–H and O–H groups in total. The molecule has 2 amide bonds. The molecule has 4 aromatic rings. The molecule has 184 valence electrons. The number of phenols is 1. The molecule has 0 bridgehead atoms. The minimum Gasteiger partial charge on any atom is -0.508 e. The molecule has 0 atom stereocenters. The Kier molecular flexibility index (Phi) is 6.93. The number of carbonyl (C=O) groups is 2. The number of aromatic hydroxyl groups is 1. The number of phenolic OH excluding ortho intramolecular Hbond substituents is 1. The molecule has 0 aliphatic rings. The van der Waals surface area contributed by atoms with Gasteiger partial charge in [0.25, 0.3) is 5.91 Å². The number of para-hydroxylation sites is 1. The van der Waals surface area contributed by atoms with Crippen molar-refractivity contribution in [2.24, 2.45) is 0 Å². The van der Waals surface area contributed by atoms with Crippen LogP contribution in [0.4, 0.5) is 17.2 Å². The Bertz CT molecular complexity index is 1570. The minimum atomic E-state index is -0.532. The van der Waals surface area contributed by atoms with Gasteiger partial charge < -0.3 is 21.1 Å². The van der Waals surface area contributed by atoms with E-state index in [1.807, 2.05) is 6.07 Å². The third-order valence-corrected chi connectivity index (χ3v) is 5.44. The van der Waals surface area contributed by atoms with Gasteiger partial charge in [0.05, 0.1) is 11.9 Å². The lowest BCUT2D eigenvalue weighted by Gasteiger charge is -2.22. The van der Waals surface area contributed by atoms with Crippen LogP contribution in [0.15, 0.2) is 79.7 Å². The number of nitrogens with two attached hydrogens (primary N) is 1. The van der Waals surface area contributed by atoms with Gasteiger partial charge in [-0.15, -0.1) is 0 Å². The van der Waals surface area contributed by atoms with Gasteiger partial charge in [0.1, 0.15) is 35.2 Å². The van der Waals surface area contributed by atoms with Gasteiger partial charge in [0, 0.05) is 29.5 Å². The second kappa shape index (κ2) is 10.4. The summed E-state index contributed by atoms with van der Waals surface area (Å²) in [6.45, 7) is 7.31. The fourth-order valence-electron chi connectivity index (χ4n) is 3.76. The second-order valence-corrected chi connectivity index (χ2v) is 7.87. The van der Waals surface area contributed by atoms with Gasteiger partial charge >= 0.3 is 0 Å². The van der Waals surface area contributed by atoms with E-state index in [0.29, 0.717) is 33.7 Å². The van der Waals surface area contributed by atoms with Crippen LogP contribution in [0.25, 0.3) is 22.3 Å². The van der Waals surface area contributed by atoms with Crippen LogP contribution in [0.1, 0.15) is 0 Å². The highest BCUT2D eigenvalue weighted by atomic mass is 16.3. The summed E-state index contributed by atoms with van der Waals surface area (Å²) in [4.78, 5) is 34.5. The van der Waals surface area contributed by atoms with E-state index in [2.05, 4.69) is 33.5 Å². The molecule has 37 heavy (non-hydrogen) atoms. The fraction of sp³-hybridized carbons (Fsp3) is 0.0769. The molecule has 0 fully saturated rings. The Hall–Kier alpha value is -5.50. The van der Waals surface area contributed by atoms with Crippen molar-refractivity contribution in [3.05, 3.63) is 79.7 Å². The molecule has 0 aliphatic carbocycles. The molecule has 2 aromatic carbocycles. The number of benzene rings is 2. The van der Waals surface area contributed by atoms with Crippen molar-refractivity contribution in [2.45, 2.75) is 6.54 Å². The van der Waals surface area contributed by atoms with Crippen LogP contribution in [0, 0.1) is 11.3 Å². The van der Waals surface area contributed by atoms with Crippen molar-refractivity contribution in [3.63, 3.8) is 0 Å². The quantitative estimate of drug-likeness (QED) is 0.249. The van der Waals surface area contributed by atoms with E-state index >= 15 is 0 Å². The van der Waals surface area contributed by atoms with Gasteiger partial charge in [0.2, 0.25) is 5.91 Å². The number of carbonyl (C=O) groups excluding carboxylic acids is 2. The van der Waals surface area contributed by atoms with Gasteiger partial charge in [-0.05, 0) is 30.3 Å². The number of nitrogen functional groups attached to an aromatic ring is 1. The third kappa shape index (κ3) is 5.13. The van der Waals surface area contributed by atoms with Crippen molar-refractivity contribution >= 4 is 40.0 Å². The maximum atomic E-state index is 12.9. The number of rotatable bonds is 8. The molecule has 0 unspecified atom stereocenters. The molecule has 11 heteroatoms. The molecular weight excluding hydrogens is 472 g/mol. The van der Waals surface area contributed by atoms with Crippen LogP contribution in [0.5, 0.6) is 5.75 Å². The number of nitriles is 1.